The molecule has 0 aliphatic carbocycles. The minimum absolute atomic E-state index is 0.00314. The van der Waals surface area contributed by atoms with Gasteiger partial charge in [0.15, 0.2) is 0 Å². The highest BCUT2D eigenvalue weighted by atomic mass is 32.2. The molecule has 0 unspecified atom stereocenters. The molecule has 0 saturated carbocycles. The van der Waals surface area contributed by atoms with Gasteiger partial charge in [-0.1, -0.05) is 6.07 Å². The number of morpholine rings is 1. The van der Waals surface area contributed by atoms with Crippen LogP contribution in [0.5, 0.6) is 0 Å². The lowest BCUT2D eigenvalue weighted by molar-refractivity contribution is -0.146. The average Bonchev–Trinajstić information content (AvgIpc) is 3.12. The Morgan fingerprint density at radius 1 is 1.26 bits per heavy atom. The molecule has 4 rings (SSSR count). The Morgan fingerprint density at radius 3 is 2.74 bits per heavy atom. The fourth-order valence-electron chi connectivity index (χ4n) is 3.97. The summed E-state index contributed by atoms with van der Waals surface area (Å²) >= 11 is 0. The van der Waals surface area contributed by atoms with Gasteiger partial charge in [0.05, 0.1) is 18.1 Å². The number of fused-ring (bicyclic) bond motifs is 1. The largest absolute Gasteiger partial charge is 0.383 e. The van der Waals surface area contributed by atoms with Gasteiger partial charge in [0, 0.05) is 31.2 Å². The van der Waals surface area contributed by atoms with Gasteiger partial charge in [0.25, 0.3) is 0 Å². The van der Waals surface area contributed by atoms with Gasteiger partial charge in [0.1, 0.15) is 17.9 Å². The van der Waals surface area contributed by atoms with Crippen molar-refractivity contribution < 1.29 is 22.7 Å². The van der Waals surface area contributed by atoms with E-state index in [0.29, 0.717) is 38.2 Å². The summed E-state index contributed by atoms with van der Waals surface area (Å²) in [5, 5.41) is 1.29. The molecule has 2 aromatic rings. The third kappa shape index (κ3) is 4.21. The number of carbonyl (C=O) groups is 2. The zero-order valence-corrected chi connectivity index (χ0v) is 18.0. The predicted molar refractivity (Wildman–Crippen MR) is 113 cm³/mol. The number of likely N-dealkylation sites (tertiary alicyclic amines) is 1. The van der Waals surface area contributed by atoms with Crippen molar-refractivity contribution in [3.8, 4) is 0 Å². The molecule has 1 aromatic heterocycles. The van der Waals surface area contributed by atoms with Crippen molar-refractivity contribution in [2.24, 2.45) is 0 Å². The molecule has 3 heterocycles. The monoisotopic (exact) mass is 447 g/mol. The Balaban J connectivity index is 1.47. The lowest BCUT2D eigenvalue weighted by atomic mass is 10.2. The fraction of sp³-hybridized carbons (Fsp3) is 0.450. The van der Waals surface area contributed by atoms with Crippen LogP contribution in [-0.4, -0.2) is 79.9 Å². The van der Waals surface area contributed by atoms with E-state index in [2.05, 4.69) is 9.71 Å². The van der Waals surface area contributed by atoms with Gasteiger partial charge in [-0.25, -0.2) is 13.4 Å². The van der Waals surface area contributed by atoms with Crippen molar-refractivity contribution >= 4 is 38.4 Å². The van der Waals surface area contributed by atoms with Gasteiger partial charge < -0.3 is 20.3 Å². The summed E-state index contributed by atoms with van der Waals surface area (Å²) < 4.78 is 33.6. The first-order valence-corrected chi connectivity index (χ1v) is 11.6. The normalized spacial score (nSPS) is 20.9. The Morgan fingerprint density at radius 2 is 2.00 bits per heavy atom. The second-order valence-electron chi connectivity index (χ2n) is 7.69. The van der Waals surface area contributed by atoms with Crippen molar-refractivity contribution in [3.05, 3.63) is 30.5 Å². The molecule has 2 fully saturated rings. The minimum atomic E-state index is -3.97. The number of nitrogens with one attached hydrogen (secondary N) is 1. The molecule has 10 nitrogen and oxygen atoms in total. The van der Waals surface area contributed by atoms with Gasteiger partial charge in [0.2, 0.25) is 21.8 Å². The Bertz CT molecular complexity index is 1120. The highest BCUT2D eigenvalue weighted by molar-refractivity contribution is 7.89. The van der Waals surface area contributed by atoms with Crippen LogP contribution in [0.1, 0.15) is 13.3 Å². The molecule has 3 N–H and O–H groups in total. The van der Waals surface area contributed by atoms with Crippen molar-refractivity contribution in [2.75, 3.05) is 38.6 Å². The van der Waals surface area contributed by atoms with E-state index in [4.69, 9.17) is 10.5 Å². The maximum absolute atomic E-state index is 12.9. The zero-order valence-electron chi connectivity index (χ0n) is 17.2. The third-order valence-electron chi connectivity index (χ3n) is 5.76. The molecule has 1 aromatic carbocycles. The number of aromatic nitrogens is 1. The lowest BCUT2D eigenvalue weighted by Gasteiger charge is -2.32. The second kappa shape index (κ2) is 8.40. The first-order valence-electron chi connectivity index (χ1n) is 10.1. The molecule has 11 heteroatoms. The zero-order chi connectivity index (χ0) is 22.2. The molecular formula is C20H25N5O5S. The van der Waals surface area contributed by atoms with E-state index in [1.165, 1.54) is 17.0 Å². The number of amides is 2. The molecule has 0 radical (unpaired) electrons. The fourth-order valence-corrected chi connectivity index (χ4v) is 5.22. The number of hydrogen-bond acceptors (Lipinski definition) is 7. The summed E-state index contributed by atoms with van der Waals surface area (Å²) in [7, 11) is -3.97. The molecule has 2 amide bonds. The summed E-state index contributed by atoms with van der Waals surface area (Å²) in [5.74, 6) is -0.328. The molecule has 0 bridgehead atoms. The van der Waals surface area contributed by atoms with E-state index in [-0.39, 0.29) is 23.0 Å². The quantitative estimate of drug-likeness (QED) is 0.656. The SMILES string of the molecule is C[C@@H](C(=O)N1CCOCC1)N1CC[C@H](NS(=O)(=O)c2ccc3ccnc(N)c3c2)C1=O. The van der Waals surface area contributed by atoms with Crippen molar-refractivity contribution in [3.63, 3.8) is 0 Å². The van der Waals surface area contributed by atoms with Gasteiger partial charge >= 0.3 is 0 Å². The minimum Gasteiger partial charge on any atom is -0.383 e. The summed E-state index contributed by atoms with van der Waals surface area (Å²) in [6.07, 6.45) is 1.84. The van der Waals surface area contributed by atoms with Crippen LogP contribution in [0.4, 0.5) is 5.82 Å². The van der Waals surface area contributed by atoms with Gasteiger partial charge in [-0.2, -0.15) is 4.72 Å². The Hall–Kier alpha value is -2.76. The molecule has 2 saturated heterocycles. The maximum atomic E-state index is 12.9. The van der Waals surface area contributed by atoms with E-state index in [9.17, 15) is 18.0 Å². The van der Waals surface area contributed by atoms with Gasteiger partial charge in [-0.3, -0.25) is 9.59 Å². The number of anilines is 1. The van der Waals surface area contributed by atoms with Crippen LogP contribution < -0.4 is 10.5 Å². The number of pyridine rings is 1. The highest BCUT2D eigenvalue weighted by Gasteiger charge is 2.40. The summed E-state index contributed by atoms with van der Waals surface area (Å²) in [6, 6.07) is 4.71. The maximum Gasteiger partial charge on any atom is 0.245 e. The number of nitrogen functional groups attached to an aromatic ring is 1. The first-order chi connectivity index (χ1) is 14.8. The van der Waals surface area contributed by atoms with Gasteiger partial charge in [-0.05, 0) is 36.9 Å². The van der Waals surface area contributed by atoms with Crippen LogP contribution in [0.25, 0.3) is 10.8 Å². The molecule has 2 atom stereocenters. The van der Waals surface area contributed by atoms with Crippen LogP contribution in [-0.2, 0) is 24.3 Å². The summed E-state index contributed by atoms with van der Waals surface area (Å²) in [5.41, 5.74) is 5.86. The van der Waals surface area contributed by atoms with Crippen molar-refractivity contribution in [2.45, 2.75) is 30.3 Å². The van der Waals surface area contributed by atoms with E-state index in [1.54, 1.807) is 30.2 Å². The van der Waals surface area contributed by atoms with E-state index >= 15 is 0 Å². The number of hydrogen-bond donors (Lipinski definition) is 2. The van der Waals surface area contributed by atoms with Crippen LogP contribution in [0.3, 0.4) is 0 Å². The number of rotatable bonds is 5. The number of sulfonamides is 1. The lowest BCUT2D eigenvalue weighted by Crippen LogP contribution is -2.52. The Labute approximate surface area is 180 Å². The van der Waals surface area contributed by atoms with Gasteiger partial charge in [-0.15, -0.1) is 0 Å². The van der Waals surface area contributed by atoms with Crippen molar-refractivity contribution in [1.82, 2.24) is 19.5 Å². The average molecular weight is 448 g/mol. The highest BCUT2D eigenvalue weighted by Crippen LogP contribution is 2.24. The molecular weight excluding hydrogens is 422 g/mol. The smallest absolute Gasteiger partial charge is 0.245 e. The standard InChI is InChI=1S/C20H25N5O5S/c1-13(19(26)24-8-10-30-11-9-24)25-7-5-17(20(25)27)23-31(28,29)15-3-2-14-4-6-22-18(21)16(14)12-15/h2-4,6,12-13,17,23H,5,7-11H2,1H3,(H2,21,22)/t13-,17-/m0/s1. The number of carbonyl (C=O) groups excluding carboxylic acids is 2. The molecule has 2 aliphatic heterocycles. The second-order valence-corrected chi connectivity index (χ2v) is 9.40. The number of nitrogens with zero attached hydrogens (tertiary/aromatic N) is 3. The van der Waals surface area contributed by atoms with Crippen LogP contribution >= 0.6 is 0 Å². The number of nitrogens with two attached hydrogens (primary N) is 1. The summed E-state index contributed by atoms with van der Waals surface area (Å²) in [4.78, 5) is 32.7. The summed E-state index contributed by atoms with van der Waals surface area (Å²) in [6.45, 7) is 3.90. The number of ether oxygens (including phenoxy) is 1. The predicted octanol–water partition coefficient (Wildman–Crippen LogP) is -0.0565. The van der Waals surface area contributed by atoms with Crippen LogP contribution in [0, 0.1) is 0 Å². The molecule has 0 spiro atoms. The van der Waals surface area contributed by atoms with E-state index in [0.717, 1.165) is 5.39 Å². The van der Waals surface area contributed by atoms with E-state index < -0.39 is 28.0 Å². The van der Waals surface area contributed by atoms with Crippen molar-refractivity contribution in [1.29, 1.82) is 0 Å². The third-order valence-corrected chi connectivity index (χ3v) is 7.23. The van der Waals surface area contributed by atoms with E-state index in [1.807, 2.05) is 0 Å². The molecule has 31 heavy (non-hydrogen) atoms. The molecule has 2 aliphatic rings. The number of benzene rings is 1. The van der Waals surface area contributed by atoms with Crippen LogP contribution in [0.15, 0.2) is 35.4 Å². The molecule has 166 valence electrons. The Kier molecular flexibility index (Phi) is 5.82. The topological polar surface area (TPSA) is 135 Å². The van der Waals surface area contributed by atoms with Crippen LogP contribution in [0.2, 0.25) is 0 Å². The first kappa shape index (κ1) is 21.5.